The first-order valence-corrected chi connectivity index (χ1v) is 7.56. The zero-order valence-electron chi connectivity index (χ0n) is 12.5. The van der Waals surface area contributed by atoms with Crippen LogP contribution in [0, 0.1) is 0 Å². The minimum atomic E-state index is -0.775. The van der Waals surface area contributed by atoms with E-state index in [0.717, 1.165) is 12.2 Å². The van der Waals surface area contributed by atoms with E-state index < -0.39 is 5.54 Å². The Kier molecular flexibility index (Phi) is 5.67. The van der Waals surface area contributed by atoms with Gasteiger partial charge in [0.05, 0.1) is 12.1 Å². The van der Waals surface area contributed by atoms with Crippen molar-refractivity contribution in [2.45, 2.75) is 30.7 Å². The monoisotopic (exact) mass is 326 g/mol. The number of carbonyl (C=O) groups is 1. The van der Waals surface area contributed by atoms with Crippen LogP contribution in [-0.2, 0) is 9.53 Å². The SMILES string of the molecule is Cl.NC1(C(=O)NCC2CCOc3ccccc32)CCOCC1. The molecule has 2 aliphatic heterocycles. The van der Waals surface area contributed by atoms with E-state index in [-0.39, 0.29) is 18.3 Å². The standard InChI is InChI=1S/C16H22N2O3.ClH/c17-16(6-9-20-10-7-16)15(19)18-11-12-5-8-21-14-4-2-1-3-13(12)14;/h1-4,12H,5-11,17H2,(H,18,19);1H. The molecular weight excluding hydrogens is 304 g/mol. The van der Waals surface area contributed by atoms with Crippen LogP contribution < -0.4 is 15.8 Å². The predicted octanol–water partition coefficient (Wildman–Crippen LogP) is 1.60. The third kappa shape index (κ3) is 3.54. The van der Waals surface area contributed by atoms with Crippen LogP contribution in [0.25, 0.3) is 0 Å². The Morgan fingerprint density at radius 1 is 1.27 bits per heavy atom. The quantitative estimate of drug-likeness (QED) is 0.885. The summed E-state index contributed by atoms with van der Waals surface area (Å²) in [5.41, 5.74) is 6.59. The maximum Gasteiger partial charge on any atom is 0.240 e. The molecule has 1 saturated heterocycles. The largest absolute Gasteiger partial charge is 0.493 e. The van der Waals surface area contributed by atoms with Gasteiger partial charge in [-0.2, -0.15) is 0 Å². The predicted molar refractivity (Wildman–Crippen MR) is 86.5 cm³/mol. The zero-order valence-corrected chi connectivity index (χ0v) is 13.4. The van der Waals surface area contributed by atoms with Crippen LogP contribution in [0.2, 0.25) is 0 Å². The summed E-state index contributed by atoms with van der Waals surface area (Å²) < 4.78 is 10.9. The molecule has 3 rings (SSSR count). The molecule has 0 bridgehead atoms. The molecule has 1 fully saturated rings. The molecule has 0 radical (unpaired) electrons. The second kappa shape index (κ2) is 7.31. The normalized spacial score (nSPS) is 22.7. The van der Waals surface area contributed by atoms with Crippen LogP contribution in [0.15, 0.2) is 24.3 Å². The van der Waals surface area contributed by atoms with E-state index in [1.807, 2.05) is 18.2 Å². The van der Waals surface area contributed by atoms with E-state index in [2.05, 4.69) is 11.4 Å². The Balaban J connectivity index is 0.00000176. The van der Waals surface area contributed by atoms with Gasteiger partial charge in [0.15, 0.2) is 0 Å². The van der Waals surface area contributed by atoms with E-state index in [1.54, 1.807) is 0 Å². The Hall–Kier alpha value is -1.30. The lowest BCUT2D eigenvalue weighted by Gasteiger charge is -2.33. The molecule has 2 aliphatic rings. The van der Waals surface area contributed by atoms with Gasteiger partial charge in [-0.25, -0.2) is 0 Å². The third-order valence-corrected chi connectivity index (χ3v) is 4.43. The summed E-state index contributed by atoms with van der Waals surface area (Å²) >= 11 is 0. The Bertz CT molecular complexity index is 518. The number of amides is 1. The second-order valence-electron chi connectivity index (χ2n) is 5.85. The van der Waals surface area contributed by atoms with Crippen LogP contribution in [0.1, 0.15) is 30.7 Å². The Labute approximate surface area is 137 Å². The number of nitrogens with one attached hydrogen (secondary N) is 1. The lowest BCUT2D eigenvalue weighted by atomic mass is 9.89. The molecule has 0 spiro atoms. The molecule has 1 unspecified atom stereocenters. The van der Waals surface area contributed by atoms with Crippen LogP contribution in [-0.4, -0.2) is 37.8 Å². The molecule has 0 aliphatic carbocycles. The van der Waals surface area contributed by atoms with E-state index in [1.165, 1.54) is 5.56 Å². The van der Waals surface area contributed by atoms with Crippen molar-refractivity contribution < 1.29 is 14.3 Å². The maximum absolute atomic E-state index is 12.4. The Morgan fingerprint density at radius 2 is 2.00 bits per heavy atom. The number of hydrogen-bond donors (Lipinski definition) is 2. The number of nitrogens with two attached hydrogens (primary N) is 1. The van der Waals surface area contributed by atoms with E-state index >= 15 is 0 Å². The van der Waals surface area contributed by atoms with Crippen molar-refractivity contribution in [3.8, 4) is 5.75 Å². The van der Waals surface area contributed by atoms with Crippen LogP contribution >= 0.6 is 12.4 Å². The zero-order chi connectivity index (χ0) is 14.7. The number of para-hydroxylation sites is 1. The fraction of sp³-hybridized carbons (Fsp3) is 0.562. The van der Waals surface area contributed by atoms with Gasteiger partial charge in [0.25, 0.3) is 0 Å². The van der Waals surface area contributed by atoms with Crippen molar-refractivity contribution in [2.24, 2.45) is 5.73 Å². The van der Waals surface area contributed by atoms with Crippen molar-refractivity contribution >= 4 is 18.3 Å². The summed E-state index contributed by atoms with van der Waals surface area (Å²) in [5, 5.41) is 3.03. The third-order valence-electron chi connectivity index (χ3n) is 4.43. The number of benzene rings is 1. The molecule has 22 heavy (non-hydrogen) atoms. The van der Waals surface area contributed by atoms with Gasteiger partial charge in [-0.3, -0.25) is 4.79 Å². The number of ether oxygens (including phenoxy) is 2. The van der Waals surface area contributed by atoms with Crippen molar-refractivity contribution in [3.63, 3.8) is 0 Å². The average molecular weight is 327 g/mol. The van der Waals surface area contributed by atoms with Crippen LogP contribution in [0.3, 0.4) is 0 Å². The fourth-order valence-corrected chi connectivity index (χ4v) is 2.98. The minimum absolute atomic E-state index is 0. The van der Waals surface area contributed by atoms with E-state index in [9.17, 15) is 4.79 Å². The molecule has 1 atom stereocenters. The lowest BCUT2D eigenvalue weighted by molar-refractivity contribution is -0.129. The molecule has 1 aromatic rings. The summed E-state index contributed by atoms with van der Waals surface area (Å²) in [5.74, 6) is 1.16. The van der Waals surface area contributed by atoms with Crippen molar-refractivity contribution in [1.29, 1.82) is 0 Å². The van der Waals surface area contributed by atoms with Crippen LogP contribution in [0.4, 0.5) is 0 Å². The van der Waals surface area contributed by atoms with Crippen molar-refractivity contribution in [1.82, 2.24) is 5.32 Å². The van der Waals surface area contributed by atoms with Gasteiger partial charge >= 0.3 is 0 Å². The van der Waals surface area contributed by atoms with E-state index in [0.29, 0.717) is 45.1 Å². The maximum atomic E-state index is 12.4. The summed E-state index contributed by atoms with van der Waals surface area (Å²) in [6.45, 7) is 2.42. The molecule has 6 heteroatoms. The first kappa shape index (κ1) is 17.1. The molecule has 3 N–H and O–H groups in total. The topological polar surface area (TPSA) is 73.6 Å². The number of carbonyl (C=O) groups excluding carboxylic acids is 1. The highest BCUT2D eigenvalue weighted by Crippen LogP contribution is 2.32. The van der Waals surface area contributed by atoms with Gasteiger partial charge in [-0.1, -0.05) is 18.2 Å². The van der Waals surface area contributed by atoms with Crippen molar-refractivity contribution in [3.05, 3.63) is 29.8 Å². The van der Waals surface area contributed by atoms with Gasteiger partial charge in [0.2, 0.25) is 5.91 Å². The van der Waals surface area contributed by atoms with Gasteiger partial charge in [-0.05, 0) is 30.9 Å². The second-order valence-corrected chi connectivity index (χ2v) is 5.85. The molecule has 0 saturated carbocycles. The first-order chi connectivity index (χ1) is 10.2. The molecule has 122 valence electrons. The average Bonchev–Trinajstić information content (AvgIpc) is 2.53. The number of hydrogen-bond acceptors (Lipinski definition) is 4. The lowest BCUT2D eigenvalue weighted by Crippen LogP contribution is -2.57. The molecule has 0 aromatic heterocycles. The summed E-state index contributed by atoms with van der Waals surface area (Å²) in [6.07, 6.45) is 2.09. The molecule has 2 heterocycles. The molecule has 1 aromatic carbocycles. The first-order valence-electron chi connectivity index (χ1n) is 7.56. The van der Waals surface area contributed by atoms with E-state index in [4.69, 9.17) is 15.2 Å². The van der Waals surface area contributed by atoms with Crippen LogP contribution in [0.5, 0.6) is 5.75 Å². The number of fused-ring (bicyclic) bond motifs is 1. The van der Waals surface area contributed by atoms with Gasteiger partial charge in [0.1, 0.15) is 5.75 Å². The summed E-state index contributed by atoms with van der Waals surface area (Å²) in [4.78, 5) is 12.4. The highest BCUT2D eigenvalue weighted by molar-refractivity contribution is 5.86. The van der Waals surface area contributed by atoms with Gasteiger partial charge < -0.3 is 20.5 Å². The fourth-order valence-electron chi connectivity index (χ4n) is 2.98. The Morgan fingerprint density at radius 3 is 2.77 bits per heavy atom. The highest BCUT2D eigenvalue weighted by Gasteiger charge is 2.36. The summed E-state index contributed by atoms with van der Waals surface area (Å²) in [6, 6.07) is 8.02. The summed E-state index contributed by atoms with van der Waals surface area (Å²) in [7, 11) is 0. The molecule has 1 amide bonds. The number of rotatable bonds is 3. The van der Waals surface area contributed by atoms with Crippen molar-refractivity contribution in [2.75, 3.05) is 26.4 Å². The van der Waals surface area contributed by atoms with Gasteiger partial charge in [-0.15, -0.1) is 12.4 Å². The number of halogens is 1. The molecular formula is C16H23ClN2O3. The highest BCUT2D eigenvalue weighted by atomic mass is 35.5. The van der Waals surface area contributed by atoms with Gasteiger partial charge in [0, 0.05) is 25.7 Å². The smallest absolute Gasteiger partial charge is 0.240 e. The minimum Gasteiger partial charge on any atom is -0.493 e. The molecule has 5 nitrogen and oxygen atoms in total.